The lowest BCUT2D eigenvalue weighted by Crippen LogP contribution is -2.48. The van der Waals surface area contributed by atoms with Crippen LogP contribution in [0.3, 0.4) is 0 Å². The number of ketones is 1. The second-order valence-corrected chi connectivity index (χ2v) is 8.80. The summed E-state index contributed by atoms with van der Waals surface area (Å²) in [6.45, 7) is 4.99. The Labute approximate surface area is 184 Å². The number of hydrogen-bond donors (Lipinski definition) is 0. The van der Waals surface area contributed by atoms with E-state index in [-0.39, 0.29) is 30.0 Å². The van der Waals surface area contributed by atoms with Crippen molar-refractivity contribution in [3.05, 3.63) is 64.3 Å². The van der Waals surface area contributed by atoms with Crippen molar-refractivity contribution < 1.29 is 23.5 Å². The van der Waals surface area contributed by atoms with Crippen LogP contribution in [0, 0.1) is 12.7 Å². The van der Waals surface area contributed by atoms with Gasteiger partial charge in [-0.05, 0) is 43.0 Å². The minimum absolute atomic E-state index is 0.0366. The van der Waals surface area contributed by atoms with E-state index in [1.54, 1.807) is 22.3 Å². The maximum Gasteiger partial charge on any atom is 0.228 e. The maximum atomic E-state index is 14.0. The first-order chi connectivity index (χ1) is 14.9. The summed E-state index contributed by atoms with van der Waals surface area (Å²) >= 11 is 1.67. The van der Waals surface area contributed by atoms with Crippen molar-refractivity contribution in [3.63, 3.8) is 0 Å². The van der Waals surface area contributed by atoms with Gasteiger partial charge in [-0.3, -0.25) is 9.59 Å². The minimum atomic E-state index is -0.606. The van der Waals surface area contributed by atoms with Gasteiger partial charge in [0.2, 0.25) is 5.91 Å². The number of hydrogen-bond acceptors (Lipinski definition) is 5. The molecule has 1 aliphatic heterocycles. The molecule has 1 fully saturated rings. The lowest BCUT2D eigenvalue weighted by molar-refractivity contribution is -0.139. The highest BCUT2D eigenvalue weighted by atomic mass is 32.1. The predicted molar refractivity (Wildman–Crippen MR) is 118 cm³/mol. The van der Waals surface area contributed by atoms with E-state index in [0.717, 1.165) is 10.4 Å². The van der Waals surface area contributed by atoms with E-state index >= 15 is 0 Å². The molecule has 1 aliphatic rings. The molecule has 0 bridgehead atoms. The van der Waals surface area contributed by atoms with Gasteiger partial charge < -0.3 is 14.4 Å². The highest BCUT2D eigenvalue weighted by Crippen LogP contribution is 2.31. The van der Waals surface area contributed by atoms with Gasteiger partial charge in [0, 0.05) is 22.2 Å². The number of halogens is 1. The van der Waals surface area contributed by atoms with E-state index < -0.39 is 5.82 Å². The molecule has 1 saturated heterocycles. The number of rotatable bonds is 6. The van der Waals surface area contributed by atoms with Crippen LogP contribution >= 0.6 is 11.3 Å². The van der Waals surface area contributed by atoms with Crippen LogP contribution in [0.5, 0.6) is 5.75 Å². The second kappa shape index (κ2) is 9.16. The number of Topliss-reactive ketones (excluding diaryl/α,β-unsaturated/α-hetero) is 1. The maximum absolute atomic E-state index is 14.0. The average Bonchev–Trinajstić information content (AvgIpc) is 3.07. The van der Waals surface area contributed by atoms with Crippen LogP contribution in [0.15, 0.2) is 42.5 Å². The summed E-state index contributed by atoms with van der Waals surface area (Å²) in [5, 5.41) is 1.20. The summed E-state index contributed by atoms with van der Waals surface area (Å²) in [4.78, 5) is 27.2. The van der Waals surface area contributed by atoms with Crippen LogP contribution in [0.2, 0.25) is 0 Å². The monoisotopic (exact) mass is 441 g/mol. The molecule has 2 aromatic carbocycles. The summed E-state index contributed by atoms with van der Waals surface area (Å²) in [6, 6.07) is 12.4. The van der Waals surface area contributed by atoms with Crippen molar-refractivity contribution in [2.75, 3.05) is 26.3 Å². The van der Waals surface area contributed by atoms with Crippen LogP contribution in [0.1, 0.15) is 27.7 Å². The van der Waals surface area contributed by atoms with Gasteiger partial charge in [0.05, 0.1) is 25.1 Å². The van der Waals surface area contributed by atoms with Crippen molar-refractivity contribution in [1.82, 2.24) is 4.90 Å². The minimum Gasteiger partial charge on any atom is -0.491 e. The van der Waals surface area contributed by atoms with E-state index in [0.29, 0.717) is 31.9 Å². The van der Waals surface area contributed by atoms with Gasteiger partial charge >= 0.3 is 0 Å². The van der Waals surface area contributed by atoms with E-state index in [1.807, 2.05) is 12.1 Å². The van der Waals surface area contributed by atoms with Crippen molar-refractivity contribution >= 4 is 33.1 Å². The van der Waals surface area contributed by atoms with E-state index in [4.69, 9.17) is 9.47 Å². The number of ether oxygens (including phenoxy) is 2. The normalized spacial score (nSPS) is 16.5. The Kier molecular flexibility index (Phi) is 6.34. The number of amides is 1. The Morgan fingerprint density at radius 1 is 1.26 bits per heavy atom. The average molecular weight is 442 g/mol. The number of thiophene rings is 1. The summed E-state index contributed by atoms with van der Waals surface area (Å²) in [6.07, 6.45) is 0.0768. The fourth-order valence-electron chi connectivity index (χ4n) is 3.75. The third kappa shape index (κ3) is 4.78. The Bertz CT molecular complexity index is 1130. The Morgan fingerprint density at radius 2 is 2.06 bits per heavy atom. The van der Waals surface area contributed by atoms with Gasteiger partial charge in [-0.2, -0.15) is 0 Å². The molecular weight excluding hydrogens is 417 g/mol. The van der Waals surface area contributed by atoms with E-state index in [1.165, 1.54) is 29.1 Å². The van der Waals surface area contributed by atoms with Gasteiger partial charge in [0.1, 0.15) is 24.3 Å². The molecule has 2 heterocycles. The molecule has 5 nitrogen and oxygen atoms in total. The van der Waals surface area contributed by atoms with Crippen molar-refractivity contribution in [2.45, 2.75) is 26.4 Å². The van der Waals surface area contributed by atoms with Gasteiger partial charge in [-0.15, -0.1) is 11.3 Å². The van der Waals surface area contributed by atoms with Crippen molar-refractivity contribution in [3.8, 4) is 5.75 Å². The van der Waals surface area contributed by atoms with E-state index in [9.17, 15) is 14.0 Å². The van der Waals surface area contributed by atoms with Gasteiger partial charge in [0.25, 0.3) is 0 Å². The number of nitrogens with zero attached hydrogens (tertiary/aromatic N) is 1. The first-order valence-electron chi connectivity index (χ1n) is 10.2. The van der Waals surface area contributed by atoms with Gasteiger partial charge in [-0.25, -0.2) is 4.39 Å². The standard InChI is InChI=1S/C24H24FNO4S/c1-15-19-5-3-4-6-22(19)31-23(15)12-24(28)26-9-10-29-18(13-26)14-30-17-7-8-20(16(2)27)21(25)11-17/h3-8,11,18H,9-10,12-14H2,1-2H3. The zero-order valence-corrected chi connectivity index (χ0v) is 18.3. The first kappa shape index (κ1) is 21.5. The second-order valence-electron chi connectivity index (χ2n) is 7.66. The molecule has 0 saturated carbocycles. The number of carbonyl (C=O) groups excluding carboxylic acids is 2. The topological polar surface area (TPSA) is 55.8 Å². The number of aryl methyl sites for hydroxylation is 1. The summed E-state index contributed by atoms with van der Waals surface area (Å²) in [7, 11) is 0. The van der Waals surface area contributed by atoms with Crippen LogP contribution in [0.4, 0.5) is 4.39 Å². The number of morpholine rings is 1. The molecule has 0 aliphatic carbocycles. The zero-order chi connectivity index (χ0) is 22.0. The molecule has 4 rings (SSSR count). The van der Waals surface area contributed by atoms with Crippen LogP contribution in [-0.4, -0.2) is 49.0 Å². The van der Waals surface area contributed by atoms with Crippen molar-refractivity contribution in [2.24, 2.45) is 0 Å². The number of benzene rings is 2. The lowest BCUT2D eigenvalue weighted by Gasteiger charge is -2.33. The number of fused-ring (bicyclic) bond motifs is 1. The summed E-state index contributed by atoms with van der Waals surface area (Å²) in [5.41, 5.74) is 1.20. The van der Waals surface area contributed by atoms with Crippen LogP contribution < -0.4 is 4.74 Å². The molecule has 0 spiro atoms. The highest BCUT2D eigenvalue weighted by molar-refractivity contribution is 7.19. The van der Waals surface area contributed by atoms with Gasteiger partial charge in [0.15, 0.2) is 5.78 Å². The van der Waals surface area contributed by atoms with Crippen molar-refractivity contribution in [1.29, 1.82) is 0 Å². The molecule has 162 valence electrons. The molecule has 1 atom stereocenters. The third-order valence-corrected chi connectivity index (χ3v) is 6.77. The molecule has 31 heavy (non-hydrogen) atoms. The highest BCUT2D eigenvalue weighted by Gasteiger charge is 2.26. The van der Waals surface area contributed by atoms with Gasteiger partial charge in [-0.1, -0.05) is 18.2 Å². The SMILES string of the molecule is CC(=O)c1ccc(OCC2CN(C(=O)Cc3sc4ccccc4c3C)CCO2)cc1F. The molecule has 0 radical (unpaired) electrons. The van der Waals surface area contributed by atoms with Crippen LogP contribution in [0.25, 0.3) is 10.1 Å². The zero-order valence-electron chi connectivity index (χ0n) is 17.5. The smallest absolute Gasteiger partial charge is 0.228 e. The predicted octanol–water partition coefficient (Wildman–Crippen LogP) is 4.40. The fraction of sp³-hybridized carbons (Fsp3) is 0.333. The third-order valence-electron chi connectivity index (χ3n) is 5.50. The van der Waals surface area contributed by atoms with Crippen LogP contribution in [-0.2, 0) is 16.0 Å². The lowest BCUT2D eigenvalue weighted by atomic mass is 10.1. The Morgan fingerprint density at radius 3 is 2.81 bits per heavy atom. The molecule has 1 aromatic heterocycles. The fourth-order valence-corrected chi connectivity index (χ4v) is 4.95. The summed E-state index contributed by atoms with van der Waals surface area (Å²) in [5.74, 6) is -0.539. The molecule has 1 amide bonds. The molecular formula is C24H24FNO4S. The van der Waals surface area contributed by atoms with E-state index in [2.05, 4.69) is 19.1 Å². The first-order valence-corrected chi connectivity index (χ1v) is 11.0. The largest absolute Gasteiger partial charge is 0.491 e. The Hall–Kier alpha value is -2.77. The molecule has 0 N–H and O–H groups in total. The molecule has 1 unspecified atom stereocenters. The molecule has 7 heteroatoms. The molecule has 3 aromatic rings. The summed E-state index contributed by atoms with van der Waals surface area (Å²) < 4.78 is 26.5. The number of carbonyl (C=O) groups is 2. The quantitative estimate of drug-likeness (QED) is 0.532. The Balaban J connectivity index is 1.35.